The summed E-state index contributed by atoms with van der Waals surface area (Å²) >= 11 is 0. The summed E-state index contributed by atoms with van der Waals surface area (Å²) in [5, 5.41) is 0. The lowest BCUT2D eigenvalue weighted by atomic mass is 9.90. The van der Waals surface area contributed by atoms with Crippen molar-refractivity contribution < 1.29 is 9.21 Å². The van der Waals surface area contributed by atoms with Gasteiger partial charge in [-0.1, -0.05) is 6.07 Å². The van der Waals surface area contributed by atoms with Crippen molar-refractivity contribution in [3.8, 4) is 0 Å². The maximum atomic E-state index is 13.1. The highest BCUT2D eigenvalue weighted by Gasteiger charge is 2.19. The van der Waals surface area contributed by atoms with Crippen molar-refractivity contribution in [2.45, 2.75) is 39.2 Å². The Bertz CT molecular complexity index is 733. The lowest BCUT2D eigenvalue weighted by Crippen LogP contribution is -2.36. The van der Waals surface area contributed by atoms with Crippen molar-refractivity contribution in [2.75, 3.05) is 27.2 Å². The molecular weight excluding hydrogens is 312 g/mol. The van der Waals surface area contributed by atoms with Crippen LogP contribution < -0.4 is 0 Å². The zero-order chi connectivity index (χ0) is 17.8. The standard InChI is InChI=1S/C21H28N2O2/c1-16-8-11-20(25-16)15-23(13-12-22(2)3)21(24)19-10-9-17-6-4-5-7-18(17)14-19/h8-11,14H,4-7,12-13,15H2,1-3H3. The third-order valence-corrected chi connectivity index (χ3v) is 4.84. The lowest BCUT2D eigenvalue weighted by Gasteiger charge is -2.24. The van der Waals surface area contributed by atoms with Gasteiger partial charge in [0.1, 0.15) is 11.5 Å². The Morgan fingerprint density at radius 1 is 1.04 bits per heavy atom. The number of nitrogens with zero attached hydrogens (tertiary/aromatic N) is 2. The summed E-state index contributed by atoms with van der Waals surface area (Å²) in [6, 6.07) is 10.1. The summed E-state index contributed by atoms with van der Waals surface area (Å²) < 4.78 is 5.69. The van der Waals surface area contributed by atoms with E-state index in [2.05, 4.69) is 17.0 Å². The molecule has 0 unspecified atom stereocenters. The minimum Gasteiger partial charge on any atom is -0.464 e. The number of rotatable bonds is 6. The molecule has 25 heavy (non-hydrogen) atoms. The first-order valence-electron chi connectivity index (χ1n) is 9.14. The Morgan fingerprint density at radius 2 is 1.80 bits per heavy atom. The molecule has 0 N–H and O–H groups in total. The zero-order valence-electron chi connectivity index (χ0n) is 15.5. The Labute approximate surface area is 150 Å². The number of fused-ring (bicyclic) bond motifs is 1. The van der Waals surface area contributed by atoms with Gasteiger partial charge < -0.3 is 14.2 Å². The molecule has 1 aliphatic carbocycles. The number of hydrogen-bond donors (Lipinski definition) is 0. The first-order valence-corrected chi connectivity index (χ1v) is 9.14. The van der Waals surface area contributed by atoms with Crippen LogP contribution in [0.3, 0.4) is 0 Å². The molecule has 1 heterocycles. The maximum absolute atomic E-state index is 13.1. The van der Waals surface area contributed by atoms with E-state index in [1.807, 2.05) is 44.1 Å². The number of carbonyl (C=O) groups excluding carboxylic acids is 1. The van der Waals surface area contributed by atoms with Gasteiger partial charge in [0.2, 0.25) is 0 Å². The molecule has 1 aliphatic rings. The highest BCUT2D eigenvalue weighted by Crippen LogP contribution is 2.23. The third-order valence-electron chi connectivity index (χ3n) is 4.84. The highest BCUT2D eigenvalue weighted by molar-refractivity contribution is 5.94. The van der Waals surface area contributed by atoms with E-state index >= 15 is 0 Å². The van der Waals surface area contributed by atoms with Crippen LogP contribution in [0.1, 0.15) is 45.8 Å². The van der Waals surface area contributed by atoms with Crippen LogP contribution in [-0.4, -0.2) is 42.9 Å². The van der Waals surface area contributed by atoms with Crippen LogP contribution in [0.15, 0.2) is 34.7 Å². The lowest BCUT2D eigenvalue weighted by molar-refractivity contribution is 0.0719. The predicted molar refractivity (Wildman–Crippen MR) is 99.8 cm³/mol. The fraction of sp³-hybridized carbons (Fsp3) is 0.476. The van der Waals surface area contributed by atoms with E-state index in [1.54, 1.807) is 0 Å². The van der Waals surface area contributed by atoms with Gasteiger partial charge in [0.05, 0.1) is 6.54 Å². The largest absolute Gasteiger partial charge is 0.464 e. The smallest absolute Gasteiger partial charge is 0.254 e. The van der Waals surface area contributed by atoms with Gasteiger partial charge >= 0.3 is 0 Å². The Kier molecular flexibility index (Phi) is 5.59. The maximum Gasteiger partial charge on any atom is 0.254 e. The first kappa shape index (κ1) is 17.7. The van der Waals surface area contributed by atoms with Crippen LogP contribution in [0.5, 0.6) is 0 Å². The van der Waals surface area contributed by atoms with Crippen LogP contribution in [0, 0.1) is 6.92 Å². The average molecular weight is 340 g/mol. The number of benzene rings is 1. The Morgan fingerprint density at radius 3 is 2.48 bits per heavy atom. The number of hydrogen-bond acceptors (Lipinski definition) is 3. The molecule has 4 heteroatoms. The number of furan rings is 1. The summed E-state index contributed by atoms with van der Waals surface area (Å²) in [5.41, 5.74) is 3.55. The van der Waals surface area contributed by atoms with E-state index in [-0.39, 0.29) is 5.91 Å². The molecule has 0 fully saturated rings. The molecule has 0 radical (unpaired) electrons. The van der Waals surface area contributed by atoms with Crippen LogP contribution in [0.4, 0.5) is 0 Å². The number of aryl methyl sites for hydroxylation is 3. The van der Waals surface area contributed by atoms with Gasteiger partial charge in [-0.15, -0.1) is 0 Å². The fourth-order valence-corrected chi connectivity index (χ4v) is 3.38. The Balaban J connectivity index is 1.79. The summed E-state index contributed by atoms with van der Waals surface area (Å²) in [6.45, 7) is 3.95. The molecule has 4 nitrogen and oxygen atoms in total. The van der Waals surface area contributed by atoms with Gasteiger partial charge in [0.25, 0.3) is 5.91 Å². The number of likely N-dealkylation sites (N-methyl/N-ethyl adjacent to an activating group) is 1. The third kappa shape index (κ3) is 4.51. The topological polar surface area (TPSA) is 36.7 Å². The predicted octanol–water partition coefficient (Wildman–Crippen LogP) is 3.67. The second-order valence-corrected chi connectivity index (χ2v) is 7.23. The summed E-state index contributed by atoms with van der Waals surface area (Å²) in [7, 11) is 4.05. The fourth-order valence-electron chi connectivity index (χ4n) is 3.38. The normalized spacial score (nSPS) is 13.8. The van der Waals surface area contributed by atoms with Gasteiger partial charge in [0, 0.05) is 18.7 Å². The van der Waals surface area contributed by atoms with Gasteiger partial charge in [-0.25, -0.2) is 0 Å². The zero-order valence-corrected chi connectivity index (χ0v) is 15.5. The highest BCUT2D eigenvalue weighted by atomic mass is 16.3. The molecule has 1 aromatic heterocycles. The van der Waals surface area contributed by atoms with Crippen LogP contribution >= 0.6 is 0 Å². The molecule has 1 aromatic carbocycles. The SMILES string of the molecule is Cc1ccc(CN(CCN(C)C)C(=O)c2ccc3c(c2)CCCC3)o1. The molecule has 1 amide bonds. The van der Waals surface area contributed by atoms with Crippen molar-refractivity contribution in [1.29, 1.82) is 0 Å². The second kappa shape index (κ2) is 7.87. The van der Waals surface area contributed by atoms with Gasteiger partial charge in [0.15, 0.2) is 0 Å². The number of carbonyl (C=O) groups is 1. The quantitative estimate of drug-likeness (QED) is 0.805. The van der Waals surface area contributed by atoms with Crippen LogP contribution in [0.25, 0.3) is 0 Å². The van der Waals surface area contributed by atoms with E-state index in [9.17, 15) is 4.79 Å². The van der Waals surface area contributed by atoms with Crippen LogP contribution in [0.2, 0.25) is 0 Å². The van der Waals surface area contributed by atoms with Gasteiger partial charge in [-0.2, -0.15) is 0 Å². The molecule has 0 bridgehead atoms. The van der Waals surface area contributed by atoms with Gasteiger partial charge in [-0.05, 0) is 82.1 Å². The van der Waals surface area contributed by atoms with Crippen molar-refractivity contribution in [1.82, 2.24) is 9.80 Å². The minimum atomic E-state index is 0.0873. The number of amides is 1. The van der Waals surface area contributed by atoms with Crippen molar-refractivity contribution in [3.63, 3.8) is 0 Å². The first-order chi connectivity index (χ1) is 12.0. The molecule has 2 aromatic rings. The van der Waals surface area contributed by atoms with E-state index in [4.69, 9.17) is 4.42 Å². The van der Waals surface area contributed by atoms with Crippen molar-refractivity contribution in [2.24, 2.45) is 0 Å². The van der Waals surface area contributed by atoms with E-state index in [0.717, 1.165) is 36.5 Å². The van der Waals surface area contributed by atoms with Crippen molar-refractivity contribution in [3.05, 3.63) is 58.5 Å². The van der Waals surface area contributed by atoms with E-state index < -0.39 is 0 Å². The molecular formula is C21H28N2O2. The minimum absolute atomic E-state index is 0.0873. The van der Waals surface area contributed by atoms with E-state index in [1.165, 1.54) is 24.0 Å². The Hall–Kier alpha value is -2.07. The molecule has 134 valence electrons. The molecule has 0 atom stereocenters. The summed E-state index contributed by atoms with van der Waals surface area (Å²) in [4.78, 5) is 17.1. The molecule has 0 saturated carbocycles. The molecule has 0 spiro atoms. The van der Waals surface area contributed by atoms with Crippen LogP contribution in [-0.2, 0) is 19.4 Å². The molecule has 3 rings (SSSR count). The van der Waals surface area contributed by atoms with Crippen molar-refractivity contribution >= 4 is 5.91 Å². The van der Waals surface area contributed by atoms with E-state index in [0.29, 0.717) is 13.1 Å². The molecule has 0 aliphatic heterocycles. The summed E-state index contributed by atoms with van der Waals surface area (Å²) in [5.74, 6) is 1.80. The second-order valence-electron chi connectivity index (χ2n) is 7.23. The summed E-state index contributed by atoms with van der Waals surface area (Å²) in [6.07, 6.45) is 4.71. The average Bonchev–Trinajstić information content (AvgIpc) is 3.02. The monoisotopic (exact) mass is 340 g/mol. The molecule has 0 saturated heterocycles. The van der Waals surface area contributed by atoms with Gasteiger partial charge in [-0.3, -0.25) is 4.79 Å².